The van der Waals surface area contributed by atoms with Crippen LogP contribution in [-0.2, 0) is 6.18 Å². The zero-order valence-electron chi connectivity index (χ0n) is 11.6. The molecule has 8 heteroatoms. The Morgan fingerprint density at radius 1 is 1.09 bits per heavy atom. The monoisotopic (exact) mass is 319 g/mol. The molecule has 0 radical (unpaired) electrons. The zero-order chi connectivity index (χ0) is 16.3. The second-order valence-electron chi connectivity index (χ2n) is 5.06. The molecule has 1 aliphatic rings. The quantitative estimate of drug-likeness (QED) is 0.803. The van der Waals surface area contributed by atoms with Crippen LogP contribution in [0.25, 0.3) is 0 Å². The molecule has 0 spiro atoms. The van der Waals surface area contributed by atoms with E-state index in [1.165, 1.54) is 6.07 Å². The number of alkyl halides is 5. The minimum Gasteiger partial charge on any atom is -0.369 e. The summed E-state index contributed by atoms with van der Waals surface area (Å²) < 4.78 is 63.1. The number of benzene rings is 1. The molecule has 0 amide bonds. The maximum Gasteiger partial charge on any atom is 0.416 e. The first-order valence-electron chi connectivity index (χ1n) is 6.67. The van der Waals surface area contributed by atoms with E-state index in [1.54, 1.807) is 15.9 Å². The number of halogens is 5. The van der Waals surface area contributed by atoms with E-state index < -0.39 is 18.2 Å². The molecule has 1 aromatic carbocycles. The Hall–Kier alpha value is -1.88. The smallest absolute Gasteiger partial charge is 0.369 e. The highest BCUT2D eigenvalue weighted by Gasteiger charge is 2.32. The lowest BCUT2D eigenvalue weighted by molar-refractivity contribution is -0.137. The van der Waals surface area contributed by atoms with E-state index in [1.807, 2.05) is 0 Å². The molecule has 0 N–H and O–H groups in total. The molecule has 0 aromatic heterocycles. The van der Waals surface area contributed by atoms with Crippen molar-refractivity contribution in [2.24, 2.45) is 0 Å². The summed E-state index contributed by atoms with van der Waals surface area (Å²) >= 11 is 0. The van der Waals surface area contributed by atoms with E-state index in [0.717, 1.165) is 12.1 Å². The molecule has 1 aromatic rings. The predicted molar refractivity (Wildman–Crippen MR) is 70.8 cm³/mol. The van der Waals surface area contributed by atoms with Crippen molar-refractivity contribution in [2.45, 2.75) is 12.6 Å². The molecule has 1 saturated heterocycles. The van der Waals surface area contributed by atoms with Crippen LogP contribution in [-0.4, -0.2) is 44.0 Å². The van der Waals surface area contributed by atoms with Crippen molar-refractivity contribution in [1.82, 2.24) is 4.90 Å². The van der Waals surface area contributed by atoms with Crippen LogP contribution in [0.4, 0.5) is 27.6 Å². The molecule has 1 heterocycles. The molecule has 22 heavy (non-hydrogen) atoms. The van der Waals surface area contributed by atoms with E-state index in [9.17, 15) is 22.0 Å². The average molecular weight is 319 g/mol. The van der Waals surface area contributed by atoms with Crippen molar-refractivity contribution in [3.8, 4) is 6.07 Å². The summed E-state index contributed by atoms with van der Waals surface area (Å²) in [6.45, 7) is 1.06. The van der Waals surface area contributed by atoms with Gasteiger partial charge in [0.05, 0.1) is 23.7 Å². The van der Waals surface area contributed by atoms with Crippen LogP contribution in [0.3, 0.4) is 0 Å². The Bertz CT molecular complexity index is 557. The second kappa shape index (κ2) is 6.48. The van der Waals surface area contributed by atoms with Crippen molar-refractivity contribution in [3.63, 3.8) is 0 Å². The second-order valence-corrected chi connectivity index (χ2v) is 5.06. The number of nitriles is 1. The van der Waals surface area contributed by atoms with Gasteiger partial charge >= 0.3 is 6.18 Å². The van der Waals surface area contributed by atoms with E-state index in [2.05, 4.69) is 0 Å². The summed E-state index contributed by atoms with van der Waals surface area (Å²) in [6.07, 6.45) is -6.95. The van der Waals surface area contributed by atoms with Crippen molar-refractivity contribution in [3.05, 3.63) is 29.3 Å². The molecule has 0 bridgehead atoms. The summed E-state index contributed by atoms with van der Waals surface area (Å²) in [7, 11) is 0. The predicted octanol–water partition coefficient (Wildman–Crippen LogP) is 2.96. The van der Waals surface area contributed by atoms with Gasteiger partial charge in [-0.15, -0.1) is 0 Å². The van der Waals surface area contributed by atoms with Gasteiger partial charge in [-0.1, -0.05) is 0 Å². The van der Waals surface area contributed by atoms with Crippen LogP contribution in [0.5, 0.6) is 0 Å². The van der Waals surface area contributed by atoms with E-state index >= 15 is 0 Å². The van der Waals surface area contributed by atoms with Gasteiger partial charge in [0.15, 0.2) is 0 Å². The lowest BCUT2D eigenvalue weighted by Gasteiger charge is -2.36. The highest BCUT2D eigenvalue weighted by molar-refractivity contribution is 5.55. The number of nitrogens with zero attached hydrogens (tertiary/aromatic N) is 3. The van der Waals surface area contributed by atoms with Gasteiger partial charge < -0.3 is 4.90 Å². The Morgan fingerprint density at radius 2 is 1.73 bits per heavy atom. The number of rotatable bonds is 3. The van der Waals surface area contributed by atoms with Crippen molar-refractivity contribution >= 4 is 5.69 Å². The van der Waals surface area contributed by atoms with Crippen LogP contribution in [0.1, 0.15) is 11.1 Å². The van der Waals surface area contributed by atoms with Gasteiger partial charge in [-0.25, -0.2) is 8.78 Å². The molecule has 2 rings (SSSR count). The fourth-order valence-corrected chi connectivity index (χ4v) is 2.41. The first kappa shape index (κ1) is 16.5. The fraction of sp³-hybridized carbons (Fsp3) is 0.500. The minimum absolute atomic E-state index is 0.0696. The van der Waals surface area contributed by atoms with Gasteiger partial charge in [0.1, 0.15) is 0 Å². The van der Waals surface area contributed by atoms with Gasteiger partial charge in [-0.05, 0) is 18.2 Å². The number of piperazine rings is 1. The summed E-state index contributed by atoms with van der Waals surface area (Å²) in [6, 6.07) is 4.90. The Morgan fingerprint density at radius 3 is 2.23 bits per heavy atom. The molecule has 1 aliphatic heterocycles. The molecule has 1 fully saturated rings. The van der Waals surface area contributed by atoms with Crippen LogP contribution in [0, 0.1) is 11.3 Å². The summed E-state index contributed by atoms with van der Waals surface area (Å²) in [4.78, 5) is 3.25. The van der Waals surface area contributed by atoms with Gasteiger partial charge in [0.25, 0.3) is 6.43 Å². The Labute approximate surface area is 124 Å². The molecule has 120 valence electrons. The van der Waals surface area contributed by atoms with Gasteiger partial charge in [0, 0.05) is 31.9 Å². The van der Waals surface area contributed by atoms with Crippen molar-refractivity contribution in [1.29, 1.82) is 5.26 Å². The van der Waals surface area contributed by atoms with Gasteiger partial charge in [0.2, 0.25) is 0 Å². The SMILES string of the molecule is N#Cc1cc(N2CCN(CC(F)F)CC2)cc(C(F)(F)F)c1. The molecular formula is C14H14F5N3. The first-order valence-corrected chi connectivity index (χ1v) is 6.67. The topological polar surface area (TPSA) is 30.3 Å². The highest BCUT2D eigenvalue weighted by Crippen LogP contribution is 2.33. The largest absolute Gasteiger partial charge is 0.416 e. The molecule has 0 saturated carbocycles. The number of hydrogen-bond acceptors (Lipinski definition) is 3. The molecule has 0 unspecified atom stereocenters. The van der Waals surface area contributed by atoms with Gasteiger partial charge in [-0.2, -0.15) is 18.4 Å². The Balaban J connectivity index is 2.15. The fourth-order valence-electron chi connectivity index (χ4n) is 2.41. The van der Waals surface area contributed by atoms with E-state index in [4.69, 9.17) is 5.26 Å². The van der Waals surface area contributed by atoms with Crippen LogP contribution < -0.4 is 4.90 Å². The average Bonchev–Trinajstić information content (AvgIpc) is 2.46. The van der Waals surface area contributed by atoms with E-state index in [0.29, 0.717) is 31.9 Å². The zero-order valence-corrected chi connectivity index (χ0v) is 11.6. The third-order valence-corrected chi connectivity index (χ3v) is 3.51. The lowest BCUT2D eigenvalue weighted by Crippen LogP contribution is -2.47. The summed E-state index contributed by atoms with van der Waals surface area (Å²) in [5, 5.41) is 8.86. The maximum atomic E-state index is 12.8. The molecule has 0 aliphatic carbocycles. The van der Waals surface area contributed by atoms with Crippen molar-refractivity contribution in [2.75, 3.05) is 37.6 Å². The first-order chi connectivity index (χ1) is 10.3. The van der Waals surface area contributed by atoms with E-state index in [-0.39, 0.29) is 12.1 Å². The summed E-state index contributed by atoms with van der Waals surface area (Å²) in [5.41, 5.74) is -0.653. The standard InChI is InChI=1S/C14H14F5N3/c15-13(16)9-21-1-3-22(4-2-21)12-6-10(8-20)5-11(7-12)14(17,18)19/h5-7,13H,1-4,9H2. The Kier molecular flexibility index (Phi) is 4.86. The number of hydrogen-bond donors (Lipinski definition) is 0. The van der Waals surface area contributed by atoms with Crippen molar-refractivity contribution < 1.29 is 22.0 Å². The normalized spacial score (nSPS) is 16.9. The highest BCUT2D eigenvalue weighted by atomic mass is 19.4. The third kappa shape index (κ3) is 4.07. The third-order valence-electron chi connectivity index (χ3n) is 3.51. The summed E-state index contributed by atoms with van der Waals surface area (Å²) in [5.74, 6) is 0. The van der Waals surface area contributed by atoms with Crippen LogP contribution in [0.15, 0.2) is 18.2 Å². The molecule has 3 nitrogen and oxygen atoms in total. The molecule has 0 atom stereocenters. The lowest BCUT2D eigenvalue weighted by atomic mass is 10.1. The molecular weight excluding hydrogens is 305 g/mol. The van der Waals surface area contributed by atoms with Crippen LogP contribution >= 0.6 is 0 Å². The minimum atomic E-state index is -4.53. The van der Waals surface area contributed by atoms with Gasteiger partial charge in [-0.3, -0.25) is 4.90 Å². The maximum absolute atomic E-state index is 12.8. The number of anilines is 1. The van der Waals surface area contributed by atoms with Crippen LogP contribution in [0.2, 0.25) is 0 Å².